The number of hydrogen-bond acceptors (Lipinski definition) is 0. The average Bonchev–Trinajstić information content (AvgIpc) is 0. The molecule has 8 heavy (non-hydrogen) atoms. The van der Waals surface area contributed by atoms with Crippen LogP contribution in [0.15, 0.2) is 0 Å². The third-order valence-electron chi connectivity index (χ3n) is 0. The molecular formula is H14O7V. The molecule has 0 saturated heterocycles. The first kappa shape index (κ1) is 4780. The van der Waals surface area contributed by atoms with Crippen molar-refractivity contribution in [3.63, 3.8) is 0 Å². The van der Waals surface area contributed by atoms with Gasteiger partial charge in [-0.15, -0.1) is 0 Å². The third kappa shape index (κ3) is 1910. The minimum atomic E-state index is 0. The van der Waals surface area contributed by atoms with E-state index in [-0.39, 0.29) is 56.9 Å². The molecular weight excluding hydrogens is 163 g/mol. The zero-order valence-electron chi connectivity index (χ0n) is 3.95. The van der Waals surface area contributed by atoms with Crippen LogP contribution in [0, 0.1) is 0 Å². The standard InChI is InChI=1S/7H2O.V/h7*1H2;. The first-order valence-corrected chi connectivity index (χ1v) is 0. The van der Waals surface area contributed by atoms with Crippen LogP contribution in [0.5, 0.6) is 0 Å². The Kier molecular flexibility index (Phi) is 1870000. The molecule has 0 aromatic rings. The largest absolute Gasteiger partial charge is 0.412 e. The second-order valence-electron chi connectivity index (χ2n) is 0. The zero-order chi connectivity index (χ0) is 0. The van der Waals surface area contributed by atoms with Gasteiger partial charge in [0.05, 0.1) is 0 Å². The van der Waals surface area contributed by atoms with E-state index >= 15 is 0 Å². The molecule has 8 heteroatoms. The van der Waals surface area contributed by atoms with Crippen molar-refractivity contribution < 1.29 is 56.9 Å². The summed E-state index contributed by atoms with van der Waals surface area (Å²) < 4.78 is 0. The van der Waals surface area contributed by atoms with Crippen molar-refractivity contribution in [2.75, 3.05) is 0 Å². The molecule has 0 aliphatic carbocycles. The average molecular weight is 177 g/mol. The van der Waals surface area contributed by atoms with Gasteiger partial charge in [0.15, 0.2) is 0 Å². The van der Waals surface area contributed by atoms with Gasteiger partial charge in [0.25, 0.3) is 0 Å². The Morgan fingerprint density at radius 2 is 0.250 bits per heavy atom. The molecule has 0 unspecified atom stereocenters. The van der Waals surface area contributed by atoms with Crippen molar-refractivity contribution >= 4 is 0 Å². The summed E-state index contributed by atoms with van der Waals surface area (Å²) in [6, 6.07) is 0. The maximum absolute atomic E-state index is 0. The quantitative estimate of drug-likeness (QED) is 0.337. The molecule has 0 saturated carbocycles. The van der Waals surface area contributed by atoms with Gasteiger partial charge >= 0.3 is 0 Å². The van der Waals surface area contributed by atoms with Gasteiger partial charge in [-0.2, -0.15) is 0 Å². The van der Waals surface area contributed by atoms with Crippen molar-refractivity contribution in [2.45, 2.75) is 0 Å². The van der Waals surface area contributed by atoms with Crippen LogP contribution in [0.25, 0.3) is 0 Å². The van der Waals surface area contributed by atoms with Crippen LogP contribution in [0.1, 0.15) is 0 Å². The fourth-order valence-electron chi connectivity index (χ4n) is 0. The van der Waals surface area contributed by atoms with E-state index in [9.17, 15) is 0 Å². The molecule has 14 N–H and O–H groups in total. The smallest absolute Gasteiger partial charge is 0 e. The van der Waals surface area contributed by atoms with Crippen LogP contribution in [0.3, 0.4) is 0 Å². The number of hydrogen-bond donors (Lipinski definition) is 0. The summed E-state index contributed by atoms with van der Waals surface area (Å²) in [6.45, 7) is 0. The van der Waals surface area contributed by atoms with Crippen LogP contribution < -0.4 is 0 Å². The van der Waals surface area contributed by atoms with Gasteiger partial charge in [0.1, 0.15) is 0 Å². The van der Waals surface area contributed by atoms with Gasteiger partial charge < -0.3 is 38.3 Å². The summed E-state index contributed by atoms with van der Waals surface area (Å²) in [7, 11) is 0. The predicted octanol–water partition coefficient (Wildman–Crippen LogP) is -5.78. The number of rotatable bonds is 0. The first-order chi connectivity index (χ1) is 0. The Morgan fingerprint density at radius 3 is 0.250 bits per heavy atom. The maximum atomic E-state index is 0. The van der Waals surface area contributed by atoms with E-state index in [0.29, 0.717) is 0 Å². The molecule has 0 spiro atoms. The summed E-state index contributed by atoms with van der Waals surface area (Å²) in [5.41, 5.74) is 0. The van der Waals surface area contributed by atoms with Crippen molar-refractivity contribution in [1.29, 1.82) is 0 Å². The topological polar surface area (TPSA) is 220 Å². The molecule has 0 rings (SSSR count). The summed E-state index contributed by atoms with van der Waals surface area (Å²) >= 11 is 0. The van der Waals surface area contributed by atoms with E-state index in [1.807, 2.05) is 0 Å². The van der Waals surface area contributed by atoms with E-state index in [4.69, 9.17) is 0 Å². The van der Waals surface area contributed by atoms with E-state index in [1.54, 1.807) is 0 Å². The maximum Gasteiger partial charge on any atom is 0 e. The molecule has 0 heterocycles. The Hall–Kier alpha value is 0.304. The second kappa shape index (κ2) is 3130. The van der Waals surface area contributed by atoms with Crippen molar-refractivity contribution in [1.82, 2.24) is 0 Å². The predicted molar refractivity (Wildman–Crippen MR) is 25.3 cm³/mol. The zero-order valence-corrected chi connectivity index (χ0v) is 5.34. The first-order valence-electron chi connectivity index (χ1n) is 0. The fourth-order valence-corrected chi connectivity index (χ4v) is 0. The molecule has 0 bridgehead atoms. The van der Waals surface area contributed by atoms with Crippen molar-refractivity contribution in [3.8, 4) is 0 Å². The molecule has 0 atom stereocenters. The Balaban J connectivity index is 0. The molecule has 0 aromatic carbocycles. The SMILES string of the molecule is O.O.O.O.O.O.O.[V]. The Labute approximate surface area is 57.7 Å². The van der Waals surface area contributed by atoms with Crippen LogP contribution >= 0.6 is 0 Å². The minimum Gasteiger partial charge on any atom is -0.412 e. The molecule has 0 fully saturated rings. The summed E-state index contributed by atoms with van der Waals surface area (Å²) in [4.78, 5) is 0. The molecule has 0 amide bonds. The molecule has 61 valence electrons. The Morgan fingerprint density at radius 1 is 0.250 bits per heavy atom. The van der Waals surface area contributed by atoms with Crippen LogP contribution in [0.4, 0.5) is 0 Å². The van der Waals surface area contributed by atoms with E-state index in [0.717, 1.165) is 0 Å². The van der Waals surface area contributed by atoms with Crippen LogP contribution in [0.2, 0.25) is 0 Å². The van der Waals surface area contributed by atoms with Crippen LogP contribution in [-0.4, -0.2) is 38.3 Å². The van der Waals surface area contributed by atoms with Crippen molar-refractivity contribution in [3.05, 3.63) is 0 Å². The monoisotopic (exact) mass is 177 g/mol. The van der Waals surface area contributed by atoms with Gasteiger partial charge in [-0.25, -0.2) is 0 Å². The molecule has 0 aromatic heterocycles. The van der Waals surface area contributed by atoms with Gasteiger partial charge in [0, 0.05) is 18.6 Å². The summed E-state index contributed by atoms with van der Waals surface area (Å²) in [5.74, 6) is 0. The van der Waals surface area contributed by atoms with E-state index < -0.39 is 0 Å². The Bertz CT molecular complexity index is 4.35. The van der Waals surface area contributed by atoms with Gasteiger partial charge in [-0.05, 0) is 0 Å². The summed E-state index contributed by atoms with van der Waals surface area (Å²) in [6.07, 6.45) is 0. The minimum absolute atomic E-state index is 0. The molecule has 7 nitrogen and oxygen atoms in total. The van der Waals surface area contributed by atoms with Gasteiger partial charge in [-0.1, -0.05) is 0 Å². The normalized spacial score (nSPS) is 0. The fraction of sp³-hybridized carbons (Fsp3) is 0. The van der Waals surface area contributed by atoms with Crippen molar-refractivity contribution in [2.24, 2.45) is 0 Å². The summed E-state index contributed by atoms with van der Waals surface area (Å²) in [5, 5.41) is 0. The van der Waals surface area contributed by atoms with E-state index in [2.05, 4.69) is 0 Å². The van der Waals surface area contributed by atoms with E-state index in [1.165, 1.54) is 0 Å². The van der Waals surface area contributed by atoms with Crippen LogP contribution in [-0.2, 0) is 18.6 Å². The second-order valence-corrected chi connectivity index (χ2v) is 0. The molecule has 0 aliphatic rings. The third-order valence-corrected chi connectivity index (χ3v) is 0. The van der Waals surface area contributed by atoms with Gasteiger partial charge in [-0.3, -0.25) is 0 Å². The molecule has 1 radical (unpaired) electrons. The molecule has 0 aliphatic heterocycles. The van der Waals surface area contributed by atoms with Gasteiger partial charge in [0.2, 0.25) is 0 Å².